The second-order valence-electron chi connectivity index (χ2n) is 8.23. The molecule has 0 saturated heterocycles. The van der Waals surface area contributed by atoms with Crippen molar-refractivity contribution in [1.29, 1.82) is 0 Å². The van der Waals surface area contributed by atoms with Gasteiger partial charge in [-0.25, -0.2) is 4.79 Å². The summed E-state index contributed by atoms with van der Waals surface area (Å²) >= 11 is 0. The molecule has 0 saturated carbocycles. The molecule has 3 rings (SSSR count). The zero-order valence-electron chi connectivity index (χ0n) is 19.2. The Morgan fingerprint density at radius 3 is 2.41 bits per heavy atom. The molecule has 1 unspecified atom stereocenters. The van der Waals surface area contributed by atoms with E-state index in [1.54, 1.807) is 13.0 Å². The molecule has 174 valence electrons. The minimum atomic E-state index is -1.76. The average Bonchev–Trinajstić information content (AvgIpc) is 3.02. The van der Waals surface area contributed by atoms with Gasteiger partial charge in [0, 0.05) is 29.7 Å². The number of benzene rings is 2. The smallest absolute Gasteiger partial charge is 0.345 e. The number of hydrogen-bond acceptors (Lipinski definition) is 7. The third-order valence-corrected chi connectivity index (χ3v) is 5.93. The summed E-state index contributed by atoms with van der Waals surface area (Å²) in [4.78, 5) is 12.8. The highest BCUT2D eigenvalue weighted by Gasteiger charge is 2.46. The molecule has 7 heteroatoms. The maximum absolute atomic E-state index is 12.8. The molecular formula is C25H32O7. The Bertz CT molecular complexity index is 999. The summed E-state index contributed by atoms with van der Waals surface area (Å²) in [6.07, 6.45) is 5.19. The molecule has 3 N–H and O–H groups in total. The number of cyclic esters (lactones) is 1. The fourth-order valence-corrected chi connectivity index (χ4v) is 4.03. The van der Waals surface area contributed by atoms with E-state index in [4.69, 9.17) is 14.2 Å². The first-order chi connectivity index (χ1) is 15.3. The number of hydrogen-bond donors (Lipinski definition) is 3. The Morgan fingerprint density at radius 1 is 1.03 bits per heavy atom. The first kappa shape index (κ1) is 23.7. The summed E-state index contributed by atoms with van der Waals surface area (Å²) < 4.78 is 16.8. The first-order valence-corrected chi connectivity index (χ1v) is 11.2. The van der Waals surface area contributed by atoms with Gasteiger partial charge < -0.3 is 29.5 Å². The highest BCUT2D eigenvalue weighted by molar-refractivity contribution is 5.98. The Kier molecular flexibility index (Phi) is 7.19. The van der Waals surface area contributed by atoms with E-state index in [1.165, 1.54) is 19.2 Å². The first-order valence-electron chi connectivity index (χ1n) is 11.2. The van der Waals surface area contributed by atoms with E-state index in [9.17, 15) is 20.1 Å². The van der Waals surface area contributed by atoms with Crippen LogP contribution >= 0.6 is 0 Å². The minimum absolute atomic E-state index is 0.0226. The second kappa shape index (κ2) is 9.69. The van der Waals surface area contributed by atoms with Gasteiger partial charge in [-0.15, -0.1) is 0 Å². The van der Waals surface area contributed by atoms with Gasteiger partial charge in [0.1, 0.15) is 22.8 Å². The molecule has 0 aliphatic carbocycles. The summed E-state index contributed by atoms with van der Waals surface area (Å²) in [6, 6.07) is 4.33. The molecule has 0 fully saturated rings. The van der Waals surface area contributed by atoms with E-state index in [0.717, 1.165) is 25.7 Å². The molecule has 1 aliphatic rings. The zero-order valence-corrected chi connectivity index (χ0v) is 19.2. The maximum atomic E-state index is 12.8. The van der Waals surface area contributed by atoms with Gasteiger partial charge in [0.2, 0.25) is 5.79 Å². The van der Waals surface area contributed by atoms with Crippen LogP contribution in [0.25, 0.3) is 0 Å². The SMILES string of the molecule is CCCCCc1c(C)c(O)cc(O)c1Oc1cc(OC)cc2c1C(=O)OC2(O)CCCC. The van der Waals surface area contributed by atoms with E-state index in [0.29, 0.717) is 29.7 Å². The molecule has 0 bridgehead atoms. The predicted molar refractivity (Wildman–Crippen MR) is 120 cm³/mol. The topological polar surface area (TPSA) is 105 Å². The van der Waals surface area contributed by atoms with Crippen molar-refractivity contribution in [2.24, 2.45) is 0 Å². The molecule has 0 amide bonds. The summed E-state index contributed by atoms with van der Waals surface area (Å²) in [7, 11) is 1.48. The number of phenolic OH excluding ortho intramolecular Hbond substituents is 2. The highest BCUT2D eigenvalue weighted by atomic mass is 16.7. The van der Waals surface area contributed by atoms with E-state index >= 15 is 0 Å². The quantitative estimate of drug-likeness (QED) is 0.331. The Balaban J connectivity index is 2.11. The van der Waals surface area contributed by atoms with Crippen LogP contribution in [0.5, 0.6) is 28.7 Å². The summed E-state index contributed by atoms with van der Waals surface area (Å²) in [6.45, 7) is 5.84. The van der Waals surface area contributed by atoms with Crippen molar-refractivity contribution in [2.45, 2.75) is 71.5 Å². The van der Waals surface area contributed by atoms with Crippen molar-refractivity contribution in [2.75, 3.05) is 7.11 Å². The predicted octanol–water partition coefficient (Wildman–Crippen LogP) is 5.45. The van der Waals surface area contributed by atoms with Gasteiger partial charge in [-0.1, -0.05) is 33.1 Å². The van der Waals surface area contributed by atoms with Gasteiger partial charge in [-0.05, 0) is 37.8 Å². The molecule has 2 aromatic carbocycles. The highest BCUT2D eigenvalue weighted by Crippen LogP contribution is 2.48. The Hall–Kier alpha value is -2.93. The van der Waals surface area contributed by atoms with Crippen molar-refractivity contribution >= 4 is 5.97 Å². The fraction of sp³-hybridized carbons (Fsp3) is 0.480. The lowest BCUT2D eigenvalue weighted by Gasteiger charge is -2.22. The summed E-state index contributed by atoms with van der Waals surface area (Å²) in [5.74, 6) is -2.04. The molecule has 0 radical (unpaired) electrons. The number of ether oxygens (including phenoxy) is 3. The lowest BCUT2D eigenvalue weighted by atomic mass is 9.96. The summed E-state index contributed by atoms with van der Waals surface area (Å²) in [5.41, 5.74) is 1.66. The minimum Gasteiger partial charge on any atom is -0.508 e. The number of carbonyl (C=O) groups excluding carboxylic acids is 1. The number of aliphatic hydroxyl groups is 1. The van der Waals surface area contributed by atoms with Crippen LogP contribution in [-0.4, -0.2) is 28.4 Å². The number of phenols is 2. The molecule has 0 spiro atoms. The number of carbonyl (C=O) groups is 1. The fourth-order valence-electron chi connectivity index (χ4n) is 4.03. The Labute approximate surface area is 188 Å². The van der Waals surface area contributed by atoms with Crippen molar-refractivity contribution in [3.05, 3.63) is 40.5 Å². The molecule has 1 aliphatic heterocycles. The van der Waals surface area contributed by atoms with E-state index in [1.807, 2.05) is 6.92 Å². The zero-order chi connectivity index (χ0) is 23.5. The third-order valence-electron chi connectivity index (χ3n) is 5.93. The lowest BCUT2D eigenvalue weighted by Crippen LogP contribution is -2.25. The van der Waals surface area contributed by atoms with Gasteiger partial charge >= 0.3 is 5.97 Å². The molecule has 0 aromatic heterocycles. The molecule has 1 heterocycles. The number of aromatic hydroxyl groups is 2. The molecule has 32 heavy (non-hydrogen) atoms. The number of esters is 1. The molecule has 7 nitrogen and oxygen atoms in total. The van der Waals surface area contributed by atoms with Gasteiger partial charge in [-0.3, -0.25) is 0 Å². The third kappa shape index (κ3) is 4.48. The van der Waals surface area contributed by atoms with Crippen molar-refractivity contribution in [1.82, 2.24) is 0 Å². The van der Waals surface area contributed by atoms with Crippen molar-refractivity contribution < 1.29 is 34.3 Å². The van der Waals surface area contributed by atoms with Crippen molar-refractivity contribution in [3.63, 3.8) is 0 Å². The normalized spacial score (nSPS) is 17.2. The maximum Gasteiger partial charge on any atom is 0.345 e. The van der Waals surface area contributed by atoms with Crippen LogP contribution in [0, 0.1) is 6.92 Å². The standard InChI is InChI=1S/C25H32O7/c1-5-7-9-10-17-15(3)19(26)14-20(27)23(17)31-21-13-16(30-4)12-18-22(21)24(28)32-25(18,29)11-8-6-2/h12-14,26-27,29H,5-11H2,1-4H3. The number of methoxy groups -OCH3 is 1. The number of rotatable bonds is 10. The van der Waals surface area contributed by atoms with Crippen molar-refractivity contribution in [3.8, 4) is 28.7 Å². The van der Waals surface area contributed by atoms with E-state index < -0.39 is 11.8 Å². The van der Waals surface area contributed by atoms with Gasteiger partial charge in [0.15, 0.2) is 11.5 Å². The largest absolute Gasteiger partial charge is 0.508 e. The van der Waals surface area contributed by atoms with Gasteiger partial charge in [0.05, 0.1) is 7.11 Å². The van der Waals surface area contributed by atoms with Crippen LogP contribution < -0.4 is 9.47 Å². The van der Waals surface area contributed by atoms with Gasteiger partial charge in [0.25, 0.3) is 0 Å². The molecule has 1 atom stereocenters. The van der Waals surface area contributed by atoms with Crippen LogP contribution in [-0.2, 0) is 16.9 Å². The number of unbranched alkanes of at least 4 members (excludes halogenated alkanes) is 3. The summed E-state index contributed by atoms with van der Waals surface area (Å²) in [5, 5.41) is 31.9. The molecular weight excluding hydrogens is 412 g/mol. The van der Waals surface area contributed by atoms with E-state index in [-0.39, 0.29) is 40.5 Å². The van der Waals surface area contributed by atoms with Gasteiger partial charge in [-0.2, -0.15) is 0 Å². The second-order valence-corrected chi connectivity index (χ2v) is 8.23. The van der Waals surface area contributed by atoms with Crippen LogP contribution in [0.2, 0.25) is 0 Å². The molecule has 2 aromatic rings. The monoisotopic (exact) mass is 444 g/mol. The van der Waals surface area contributed by atoms with Crippen LogP contribution in [0.1, 0.15) is 79.4 Å². The number of fused-ring (bicyclic) bond motifs is 1. The lowest BCUT2D eigenvalue weighted by molar-refractivity contribution is -0.168. The average molecular weight is 445 g/mol. The Morgan fingerprint density at radius 2 is 1.75 bits per heavy atom. The van der Waals surface area contributed by atoms with Crippen LogP contribution in [0.4, 0.5) is 0 Å². The van der Waals surface area contributed by atoms with Crippen LogP contribution in [0.3, 0.4) is 0 Å². The van der Waals surface area contributed by atoms with Crippen LogP contribution in [0.15, 0.2) is 18.2 Å². The van der Waals surface area contributed by atoms with E-state index in [2.05, 4.69) is 6.92 Å².